The van der Waals surface area contributed by atoms with Crippen molar-refractivity contribution < 1.29 is 14.2 Å². The molecular weight excluding hydrogens is 389 g/mol. The van der Waals surface area contributed by atoms with Crippen LogP contribution in [0.15, 0.2) is 30.5 Å². The second-order valence-electron chi connectivity index (χ2n) is 7.60. The summed E-state index contributed by atoms with van der Waals surface area (Å²) in [6.45, 7) is 1.62. The van der Waals surface area contributed by atoms with Gasteiger partial charge < -0.3 is 25.4 Å². The number of rotatable bonds is 5. The molecule has 5 rings (SSSR count). The number of pyridine rings is 1. The van der Waals surface area contributed by atoms with Crippen molar-refractivity contribution in [1.82, 2.24) is 24.9 Å². The number of halogens is 1. The number of ether oxygens (including phenoxy) is 1. The smallest absolute Gasteiger partial charge is 0.194 e. The van der Waals surface area contributed by atoms with E-state index in [1.807, 2.05) is 23.1 Å². The van der Waals surface area contributed by atoms with E-state index in [4.69, 9.17) is 9.84 Å². The zero-order valence-electron chi connectivity index (χ0n) is 16.6. The van der Waals surface area contributed by atoms with Gasteiger partial charge in [-0.2, -0.15) is 0 Å². The third-order valence-electron chi connectivity index (χ3n) is 5.64. The molecule has 10 heteroatoms. The van der Waals surface area contributed by atoms with Crippen LogP contribution in [0.4, 0.5) is 16.0 Å². The van der Waals surface area contributed by atoms with Crippen molar-refractivity contribution in [1.29, 1.82) is 0 Å². The van der Waals surface area contributed by atoms with Crippen LogP contribution in [0.2, 0.25) is 0 Å². The molecule has 30 heavy (non-hydrogen) atoms. The highest BCUT2D eigenvalue weighted by Gasteiger charge is 2.28. The van der Waals surface area contributed by atoms with E-state index in [0.29, 0.717) is 60.5 Å². The Morgan fingerprint density at radius 3 is 2.97 bits per heavy atom. The minimum Gasteiger partial charge on any atom is -0.493 e. The zero-order valence-corrected chi connectivity index (χ0v) is 16.6. The van der Waals surface area contributed by atoms with E-state index in [2.05, 4.69) is 20.6 Å². The van der Waals surface area contributed by atoms with Crippen LogP contribution in [-0.2, 0) is 0 Å². The molecule has 9 nitrogen and oxygen atoms in total. The summed E-state index contributed by atoms with van der Waals surface area (Å²) in [5, 5.41) is 21.2. The summed E-state index contributed by atoms with van der Waals surface area (Å²) in [6.07, 6.45) is 1.75. The number of imidazole rings is 1. The Hall–Kier alpha value is -2.98. The lowest BCUT2D eigenvalue weighted by atomic mass is 10.2. The van der Waals surface area contributed by atoms with Gasteiger partial charge in [-0.05, 0) is 25.0 Å². The molecule has 5 heterocycles. The number of hydrogen-bond donors (Lipinski definition) is 3. The average molecular weight is 413 g/mol. The highest BCUT2D eigenvalue weighted by molar-refractivity contribution is 5.65. The van der Waals surface area contributed by atoms with Crippen molar-refractivity contribution in [2.75, 3.05) is 37.0 Å². The second-order valence-corrected chi connectivity index (χ2v) is 7.60. The number of aromatic nitrogens is 4. The molecular formula is C20H24FN7O2. The van der Waals surface area contributed by atoms with Crippen molar-refractivity contribution in [2.24, 2.45) is 0 Å². The van der Waals surface area contributed by atoms with Gasteiger partial charge in [0, 0.05) is 25.7 Å². The number of anilines is 2. The van der Waals surface area contributed by atoms with Crippen LogP contribution in [0.25, 0.3) is 17.0 Å². The van der Waals surface area contributed by atoms with E-state index in [1.54, 1.807) is 23.9 Å². The number of aliphatic hydroxyl groups is 1. The maximum atomic E-state index is 13.9. The number of alkyl halides is 1. The summed E-state index contributed by atoms with van der Waals surface area (Å²) in [7, 11) is 1.58. The molecule has 0 saturated carbocycles. The van der Waals surface area contributed by atoms with Crippen molar-refractivity contribution in [3.8, 4) is 17.1 Å². The maximum absolute atomic E-state index is 13.9. The molecule has 1 unspecified atom stereocenters. The minimum absolute atomic E-state index is 0.305. The summed E-state index contributed by atoms with van der Waals surface area (Å²) in [6, 6.07) is 7.05. The number of nitrogens with one attached hydrogen (secondary N) is 2. The number of fused-ring (bicyclic) bond motifs is 1. The Morgan fingerprint density at radius 1 is 1.33 bits per heavy atom. The first-order valence-corrected chi connectivity index (χ1v) is 10.1. The Labute approximate surface area is 172 Å². The van der Waals surface area contributed by atoms with Crippen LogP contribution in [-0.4, -0.2) is 69.9 Å². The van der Waals surface area contributed by atoms with E-state index in [9.17, 15) is 9.50 Å². The molecule has 158 valence electrons. The molecule has 2 aliphatic rings. The van der Waals surface area contributed by atoms with Gasteiger partial charge in [0.05, 0.1) is 25.0 Å². The molecule has 2 fully saturated rings. The number of methoxy groups -OCH3 is 1. The number of aliphatic hydroxyl groups excluding tert-OH is 1. The monoisotopic (exact) mass is 413 g/mol. The highest BCUT2D eigenvalue weighted by Crippen LogP contribution is 2.33. The first-order valence-electron chi connectivity index (χ1n) is 10.1. The zero-order chi connectivity index (χ0) is 20.7. The number of hydrogen-bond acceptors (Lipinski definition) is 8. The number of nitrogens with zero attached hydrogens (tertiary/aromatic N) is 5. The van der Waals surface area contributed by atoms with Crippen LogP contribution in [0.3, 0.4) is 0 Å². The van der Waals surface area contributed by atoms with E-state index >= 15 is 0 Å². The molecule has 3 atom stereocenters. The van der Waals surface area contributed by atoms with Crippen LogP contribution in [0.5, 0.6) is 5.75 Å². The van der Waals surface area contributed by atoms with Gasteiger partial charge in [0.1, 0.15) is 23.9 Å². The van der Waals surface area contributed by atoms with Crippen molar-refractivity contribution in [3.63, 3.8) is 0 Å². The van der Waals surface area contributed by atoms with Gasteiger partial charge in [0.25, 0.3) is 0 Å². The predicted molar refractivity (Wildman–Crippen MR) is 111 cm³/mol. The SMILES string of the molecule is COc1cc2ncc(-c3cccc(N[C@H]4CNC[C@@H]4F)n3)n2nc1N1CCCC1O. The van der Waals surface area contributed by atoms with Gasteiger partial charge in [0.2, 0.25) is 0 Å². The fourth-order valence-electron chi connectivity index (χ4n) is 4.05. The lowest BCUT2D eigenvalue weighted by Gasteiger charge is -2.23. The third kappa shape index (κ3) is 3.31. The molecule has 3 N–H and O–H groups in total. The molecule has 2 aliphatic heterocycles. The quantitative estimate of drug-likeness (QED) is 0.578. The highest BCUT2D eigenvalue weighted by atomic mass is 19.1. The lowest BCUT2D eigenvalue weighted by Crippen LogP contribution is -2.30. The van der Waals surface area contributed by atoms with E-state index < -0.39 is 12.4 Å². The molecule has 0 spiro atoms. The van der Waals surface area contributed by atoms with Crippen LogP contribution in [0, 0.1) is 0 Å². The molecule has 0 amide bonds. The first kappa shape index (κ1) is 19.0. The van der Waals surface area contributed by atoms with Crippen LogP contribution in [0.1, 0.15) is 12.8 Å². The molecule has 3 aromatic heterocycles. The van der Waals surface area contributed by atoms with Crippen LogP contribution >= 0.6 is 0 Å². The van der Waals surface area contributed by atoms with Crippen molar-refractivity contribution >= 4 is 17.3 Å². The van der Waals surface area contributed by atoms with Gasteiger partial charge in [-0.1, -0.05) is 6.07 Å². The first-order chi connectivity index (χ1) is 14.6. The largest absolute Gasteiger partial charge is 0.493 e. The molecule has 3 aromatic rings. The van der Waals surface area contributed by atoms with Crippen molar-refractivity contribution in [2.45, 2.75) is 31.3 Å². The average Bonchev–Trinajstić information content (AvgIpc) is 3.47. The Morgan fingerprint density at radius 2 is 2.23 bits per heavy atom. The third-order valence-corrected chi connectivity index (χ3v) is 5.64. The molecule has 0 bridgehead atoms. The van der Waals surface area contributed by atoms with E-state index in [-0.39, 0.29) is 6.04 Å². The summed E-state index contributed by atoms with van der Waals surface area (Å²) in [5.41, 5.74) is 1.98. The van der Waals surface area contributed by atoms with Gasteiger partial charge in [-0.25, -0.2) is 18.9 Å². The minimum atomic E-state index is -0.949. The molecule has 2 saturated heterocycles. The standard InChI is InChI=1S/C20H24FN7O2/c1-30-16-8-18-23-11-15(28(18)26-20(16)27-7-3-6-19(27)29)13-4-2-5-17(24-13)25-14-10-22-9-12(14)21/h2,4-5,8,11-12,14,19,22,29H,3,6-7,9-10H2,1H3,(H,24,25)/t12-,14-,19?/m0/s1. The van der Waals surface area contributed by atoms with Gasteiger partial charge in [-0.15, -0.1) is 5.10 Å². The fourth-order valence-corrected chi connectivity index (χ4v) is 4.05. The van der Waals surface area contributed by atoms with Gasteiger partial charge >= 0.3 is 0 Å². The van der Waals surface area contributed by atoms with Gasteiger partial charge in [0.15, 0.2) is 17.2 Å². The Balaban J connectivity index is 1.52. The topological polar surface area (TPSA) is 99.8 Å². The summed E-state index contributed by atoms with van der Waals surface area (Å²) in [4.78, 5) is 10.9. The Kier molecular flexibility index (Phi) is 4.87. The fraction of sp³-hybridized carbons (Fsp3) is 0.450. The maximum Gasteiger partial charge on any atom is 0.194 e. The molecule has 0 aliphatic carbocycles. The summed E-state index contributed by atoms with van der Waals surface area (Å²) in [5.74, 6) is 1.73. The second kappa shape index (κ2) is 7.69. The summed E-state index contributed by atoms with van der Waals surface area (Å²) >= 11 is 0. The van der Waals surface area contributed by atoms with Crippen LogP contribution < -0.4 is 20.3 Å². The van der Waals surface area contributed by atoms with Crippen molar-refractivity contribution in [3.05, 3.63) is 30.5 Å². The molecule has 0 aromatic carbocycles. The molecule has 0 radical (unpaired) electrons. The Bertz CT molecular complexity index is 1060. The van der Waals surface area contributed by atoms with Gasteiger partial charge in [-0.3, -0.25) is 0 Å². The summed E-state index contributed by atoms with van der Waals surface area (Å²) < 4.78 is 21.1. The normalized spacial score (nSPS) is 24.0. The van der Waals surface area contributed by atoms with E-state index in [0.717, 1.165) is 6.42 Å². The lowest BCUT2D eigenvalue weighted by molar-refractivity contribution is 0.184. The predicted octanol–water partition coefficient (Wildman–Crippen LogP) is 1.44. The van der Waals surface area contributed by atoms with E-state index in [1.165, 1.54) is 0 Å².